The molecule has 0 aromatic rings. The number of rotatable bonds is 30. The average Bonchev–Trinajstić information content (AvgIpc) is 2.92. The SMILES string of the molecule is CCC/C=C\C/C=C\CCCCCCCC(=O)OC(CO)COCCCCCCCCCCCCCCC. The van der Waals surface area contributed by atoms with Gasteiger partial charge in [0.2, 0.25) is 0 Å². The molecule has 1 N–H and O–H groups in total. The Morgan fingerprint density at radius 3 is 1.74 bits per heavy atom. The first kappa shape index (κ1) is 36.9. The minimum absolute atomic E-state index is 0.174. The van der Waals surface area contributed by atoms with E-state index in [1.54, 1.807) is 0 Å². The molecule has 4 nitrogen and oxygen atoms in total. The van der Waals surface area contributed by atoms with Gasteiger partial charge >= 0.3 is 5.97 Å². The first-order valence-corrected chi connectivity index (χ1v) is 16.4. The highest BCUT2D eigenvalue weighted by Crippen LogP contribution is 2.13. The summed E-state index contributed by atoms with van der Waals surface area (Å²) >= 11 is 0. The molecular formula is C34H64O4. The second kappa shape index (κ2) is 32.1. The third-order valence-electron chi connectivity index (χ3n) is 7.01. The lowest BCUT2D eigenvalue weighted by Gasteiger charge is -2.15. The monoisotopic (exact) mass is 536 g/mol. The third-order valence-corrected chi connectivity index (χ3v) is 7.01. The lowest BCUT2D eigenvalue weighted by molar-refractivity contribution is -0.154. The molecule has 0 aliphatic rings. The summed E-state index contributed by atoms with van der Waals surface area (Å²) in [5.74, 6) is -0.215. The predicted octanol–water partition coefficient (Wildman–Crippen LogP) is 10.0. The molecule has 1 unspecified atom stereocenters. The molecule has 0 spiro atoms. The lowest BCUT2D eigenvalue weighted by atomic mass is 10.0. The van der Waals surface area contributed by atoms with Gasteiger partial charge in [0.05, 0.1) is 13.2 Å². The predicted molar refractivity (Wildman–Crippen MR) is 164 cm³/mol. The average molecular weight is 537 g/mol. The van der Waals surface area contributed by atoms with Gasteiger partial charge in [-0.2, -0.15) is 0 Å². The van der Waals surface area contributed by atoms with Crippen molar-refractivity contribution in [2.45, 2.75) is 168 Å². The van der Waals surface area contributed by atoms with E-state index in [2.05, 4.69) is 38.2 Å². The molecule has 0 saturated carbocycles. The van der Waals surface area contributed by atoms with E-state index in [0.29, 0.717) is 19.6 Å². The van der Waals surface area contributed by atoms with Crippen LogP contribution < -0.4 is 0 Å². The number of ether oxygens (including phenoxy) is 2. The Hall–Kier alpha value is -1.13. The zero-order chi connectivity index (χ0) is 27.8. The highest BCUT2D eigenvalue weighted by molar-refractivity contribution is 5.69. The van der Waals surface area contributed by atoms with Gasteiger partial charge in [-0.05, 0) is 38.5 Å². The highest BCUT2D eigenvalue weighted by atomic mass is 16.6. The quantitative estimate of drug-likeness (QED) is 0.0563. The van der Waals surface area contributed by atoms with Crippen molar-refractivity contribution in [1.29, 1.82) is 0 Å². The second-order valence-electron chi connectivity index (χ2n) is 10.9. The van der Waals surface area contributed by atoms with E-state index in [-0.39, 0.29) is 12.6 Å². The van der Waals surface area contributed by atoms with Gasteiger partial charge in [-0.25, -0.2) is 0 Å². The van der Waals surface area contributed by atoms with Gasteiger partial charge in [0.25, 0.3) is 0 Å². The largest absolute Gasteiger partial charge is 0.457 e. The summed E-state index contributed by atoms with van der Waals surface area (Å²) in [5, 5.41) is 9.51. The Labute approximate surface area is 237 Å². The number of carbonyl (C=O) groups excluding carboxylic acids is 1. The molecule has 0 saturated heterocycles. The van der Waals surface area contributed by atoms with Crippen molar-refractivity contribution >= 4 is 5.97 Å². The Kier molecular flexibility index (Phi) is 31.1. The maximum atomic E-state index is 12.1. The minimum atomic E-state index is -0.534. The number of unbranched alkanes of at least 4 members (excludes halogenated alkanes) is 18. The summed E-state index contributed by atoms with van der Waals surface area (Å²) < 4.78 is 11.1. The van der Waals surface area contributed by atoms with Crippen LogP contribution in [0.1, 0.15) is 162 Å². The van der Waals surface area contributed by atoms with E-state index in [9.17, 15) is 9.90 Å². The maximum absolute atomic E-state index is 12.1. The molecular weight excluding hydrogens is 472 g/mol. The van der Waals surface area contributed by atoms with Gasteiger partial charge < -0.3 is 14.6 Å². The maximum Gasteiger partial charge on any atom is 0.306 e. The van der Waals surface area contributed by atoms with Crippen molar-refractivity contribution < 1.29 is 19.4 Å². The summed E-state index contributed by atoms with van der Waals surface area (Å²) in [6.07, 6.45) is 36.3. The fourth-order valence-electron chi connectivity index (χ4n) is 4.54. The van der Waals surface area contributed by atoms with Crippen molar-refractivity contribution in [1.82, 2.24) is 0 Å². The zero-order valence-corrected chi connectivity index (χ0v) is 25.4. The number of carbonyl (C=O) groups is 1. The second-order valence-corrected chi connectivity index (χ2v) is 10.9. The van der Waals surface area contributed by atoms with Crippen LogP contribution in [0.2, 0.25) is 0 Å². The summed E-state index contributed by atoms with van der Waals surface area (Å²) in [5.41, 5.74) is 0. The van der Waals surface area contributed by atoms with Crippen LogP contribution in [0.15, 0.2) is 24.3 Å². The fraction of sp³-hybridized carbons (Fsp3) is 0.853. The summed E-state index contributed by atoms with van der Waals surface area (Å²) in [7, 11) is 0. The molecule has 0 aliphatic carbocycles. The molecule has 224 valence electrons. The van der Waals surface area contributed by atoms with Crippen LogP contribution >= 0.6 is 0 Å². The number of aliphatic hydroxyl groups is 1. The van der Waals surface area contributed by atoms with Gasteiger partial charge in [-0.3, -0.25) is 4.79 Å². The molecule has 0 aromatic heterocycles. The van der Waals surface area contributed by atoms with Gasteiger partial charge in [0.15, 0.2) is 0 Å². The number of aliphatic hydroxyl groups excluding tert-OH is 1. The van der Waals surface area contributed by atoms with Crippen LogP contribution in [0, 0.1) is 0 Å². The van der Waals surface area contributed by atoms with Crippen LogP contribution in [0.4, 0.5) is 0 Å². The van der Waals surface area contributed by atoms with E-state index in [1.807, 2.05) is 0 Å². The number of allylic oxidation sites excluding steroid dienone is 4. The van der Waals surface area contributed by atoms with Crippen molar-refractivity contribution in [3.05, 3.63) is 24.3 Å². The van der Waals surface area contributed by atoms with Crippen LogP contribution in [-0.2, 0) is 14.3 Å². The molecule has 0 bridgehead atoms. The molecule has 0 aliphatic heterocycles. The molecule has 4 heteroatoms. The van der Waals surface area contributed by atoms with E-state index in [1.165, 1.54) is 103 Å². The first-order chi connectivity index (χ1) is 18.7. The lowest BCUT2D eigenvalue weighted by Crippen LogP contribution is -2.27. The standard InChI is InChI=1S/C34H64O4/c1-3-5-7-9-11-13-15-17-19-21-23-25-27-29-34(36)38-33(31-35)32-37-30-28-26-24-22-20-18-16-14-12-10-8-6-4-2/h7,9,13,15,33,35H,3-6,8,10-12,14,16-32H2,1-2H3/b9-7-,15-13-. The Balaban J connectivity index is 3.46. The van der Waals surface area contributed by atoms with Crippen LogP contribution in [0.25, 0.3) is 0 Å². The van der Waals surface area contributed by atoms with Crippen LogP contribution in [0.3, 0.4) is 0 Å². The van der Waals surface area contributed by atoms with Crippen molar-refractivity contribution in [2.24, 2.45) is 0 Å². The van der Waals surface area contributed by atoms with Gasteiger partial charge in [0.1, 0.15) is 6.10 Å². The molecule has 0 radical (unpaired) electrons. The Morgan fingerprint density at radius 1 is 0.632 bits per heavy atom. The Bertz CT molecular complexity index is 529. The van der Waals surface area contributed by atoms with Crippen molar-refractivity contribution in [2.75, 3.05) is 19.8 Å². The molecule has 0 rings (SSSR count). The van der Waals surface area contributed by atoms with Crippen molar-refractivity contribution in [3.63, 3.8) is 0 Å². The van der Waals surface area contributed by atoms with E-state index in [0.717, 1.165) is 38.5 Å². The molecule has 0 aromatic carbocycles. The van der Waals surface area contributed by atoms with Crippen molar-refractivity contribution in [3.8, 4) is 0 Å². The molecule has 1 atom stereocenters. The number of hydrogen-bond donors (Lipinski definition) is 1. The van der Waals surface area contributed by atoms with E-state index >= 15 is 0 Å². The van der Waals surface area contributed by atoms with Crippen LogP contribution in [0.5, 0.6) is 0 Å². The zero-order valence-electron chi connectivity index (χ0n) is 25.4. The molecule has 38 heavy (non-hydrogen) atoms. The van der Waals surface area contributed by atoms with Gasteiger partial charge in [-0.1, -0.05) is 141 Å². The third kappa shape index (κ3) is 29.4. The van der Waals surface area contributed by atoms with E-state index in [4.69, 9.17) is 9.47 Å². The topological polar surface area (TPSA) is 55.8 Å². The van der Waals surface area contributed by atoms with Gasteiger partial charge in [-0.15, -0.1) is 0 Å². The number of hydrogen-bond acceptors (Lipinski definition) is 4. The van der Waals surface area contributed by atoms with E-state index < -0.39 is 6.10 Å². The highest BCUT2D eigenvalue weighted by Gasteiger charge is 2.13. The Morgan fingerprint density at radius 2 is 1.16 bits per heavy atom. The van der Waals surface area contributed by atoms with Gasteiger partial charge in [0, 0.05) is 13.0 Å². The minimum Gasteiger partial charge on any atom is -0.457 e. The normalized spacial score (nSPS) is 12.6. The first-order valence-electron chi connectivity index (χ1n) is 16.4. The fourth-order valence-corrected chi connectivity index (χ4v) is 4.54. The molecule has 0 amide bonds. The summed E-state index contributed by atoms with van der Waals surface area (Å²) in [6.45, 7) is 5.27. The van der Waals surface area contributed by atoms with Crippen LogP contribution in [-0.4, -0.2) is 37.0 Å². The summed E-state index contributed by atoms with van der Waals surface area (Å²) in [4.78, 5) is 12.1. The number of esters is 1. The smallest absolute Gasteiger partial charge is 0.306 e. The summed E-state index contributed by atoms with van der Waals surface area (Å²) in [6, 6.07) is 0. The molecule has 0 heterocycles. The molecule has 0 fully saturated rings.